The van der Waals surface area contributed by atoms with Gasteiger partial charge in [0, 0.05) is 10.8 Å². The van der Waals surface area contributed by atoms with E-state index >= 15 is 0 Å². The maximum Gasteiger partial charge on any atom is 0.519 e. The number of ether oxygens (including phenoxy) is 5. The molecule has 0 aromatic heterocycles. The molecule has 272 valence electrons. The lowest BCUT2D eigenvalue weighted by atomic mass is 9.65. The number of carbonyl (C=O) groups is 2. The molecule has 0 radical (unpaired) electrons. The van der Waals surface area contributed by atoms with E-state index in [1.54, 1.807) is 24.3 Å². The van der Waals surface area contributed by atoms with Crippen molar-refractivity contribution in [3.8, 4) is 28.7 Å². The van der Waals surface area contributed by atoms with Crippen molar-refractivity contribution in [2.24, 2.45) is 0 Å². The smallest absolute Gasteiger partial charge is 0.493 e. The van der Waals surface area contributed by atoms with E-state index in [1.807, 2.05) is 61.5 Å². The Morgan fingerprint density at radius 1 is 0.453 bits per heavy atom. The fourth-order valence-corrected chi connectivity index (χ4v) is 8.36. The highest BCUT2D eigenvalue weighted by Gasteiger charge is 2.37. The van der Waals surface area contributed by atoms with Gasteiger partial charge in [-0.05, 0) is 109 Å². The fourth-order valence-electron chi connectivity index (χ4n) is 8.36. The van der Waals surface area contributed by atoms with Gasteiger partial charge in [-0.15, -0.1) is 0 Å². The predicted molar refractivity (Wildman–Crippen MR) is 205 cm³/mol. The van der Waals surface area contributed by atoms with Gasteiger partial charge in [-0.25, -0.2) is 9.59 Å². The standard InChI is InChI=1S/C46H46O7/c1-33-14-27-41(42(32-33)49-2)53-44(48)52-40-25-19-37(20-26-40)46(30-10-5-11-31-46)36-17-23-39(24-18-36)51-43(47)50-38-21-15-35(16-22-38)45(28-8-4-9-29-45)34-12-6-3-7-13-34/h3,6-7,12-27,32H,4-5,8-11,28-31H2,1-2H3. The Kier molecular flexibility index (Phi) is 10.8. The second kappa shape index (κ2) is 16.0. The summed E-state index contributed by atoms with van der Waals surface area (Å²) in [6.45, 7) is 1.93. The van der Waals surface area contributed by atoms with E-state index in [4.69, 9.17) is 23.7 Å². The van der Waals surface area contributed by atoms with Crippen molar-refractivity contribution >= 4 is 12.3 Å². The van der Waals surface area contributed by atoms with Gasteiger partial charge in [-0.2, -0.15) is 0 Å². The first-order chi connectivity index (χ1) is 25.9. The summed E-state index contributed by atoms with van der Waals surface area (Å²) in [5.41, 5.74) is 5.62. The fraction of sp³-hybridized carbons (Fsp3) is 0.304. The molecule has 0 amide bonds. The van der Waals surface area contributed by atoms with Crippen molar-refractivity contribution in [3.05, 3.63) is 149 Å². The van der Waals surface area contributed by atoms with E-state index in [-0.39, 0.29) is 10.8 Å². The summed E-state index contributed by atoms with van der Waals surface area (Å²) in [6.07, 6.45) is 9.59. The van der Waals surface area contributed by atoms with Crippen LogP contribution < -0.4 is 23.7 Å². The van der Waals surface area contributed by atoms with E-state index in [2.05, 4.69) is 42.5 Å². The molecule has 0 N–H and O–H groups in total. The van der Waals surface area contributed by atoms with Gasteiger partial charge in [0.15, 0.2) is 11.5 Å². The monoisotopic (exact) mass is 710 g/mol. The van der Waals surface area contributed by atoms with Gasteiger partial charge in [0.25, 0.3) is 0 Å². The topological polar surface area (TPSA) is 80.3 Å². The van der Waals surface area contributed by atoms with Gasteiger partial charge >= 0.3 is 12.3 Å². The van der Waals surface area contributed by atoms with Gasteiger partial charge in [0.1, 0.15) is 17.2 Å². The molecule has 53 heavy (non-hydrogen) atoms. The summed E-state index contributed by atoms with van der Waals surface area (Å²) < 4.78 is 27.5. The van der Waals surface area contributed by atoms with Crippen LogP contribution in [-0.2, 0) is 10.8 Å². The number of hydrogen-bond donors (Lipinski definition) is 0. The third-order valence-electron chi connectivity index (χ3n) is 11.1. The maximum atomic E-state index is 12.9. The molecule has 0 aliphatic heterocycles. The van der Waals surface area contributed by atoms with Gasteiger partial charge in [-0.1, -0.05) is 111 Å². The van der Waals surface area contributed by atoms with Crippen LogP contribution in [0.25, 0.3) is 0 Å². The number of rotatable bonds is 9. The van der Waals surface area contributed by atoms with Crippen molar-refractivity contribution in [1.29, 1.82) is 0 Å². The van der Waals surface area contributed by atoms with Crippen LogP contribution in [0.3, 0.4) is 0 Å². The SMILES string of the molecule is COc1cc(C)ccc1OC(=O)Oc1ccc(C2(c3ccc(OC(=O)Oc4ccc(C5(c6ccccc6)CCCCC5)cc4)cc3)CCCCC2)cc1. The van der Waals surface area contributed by atoms with E-state index < -0.39 is 12.3 Å². The Hall–Kier alpha value is -5.56. The minimum atomic E-state index is -0.839. The Morgan fingerprint density at radius 3 is 1.26 bits per heavy atom. The van der Waals surface area contributed by atoms with Crippen LogP contribution >= 0.6 is 0 Å². The van der Waals surface area contributed by atoms with Gasteiger partial charge < -0.3 is 23.7 Å². The number of benzene rings is 5. The number of aryl methyl sites for hydroxylation is 1. The normalized spacial score (nSPS) is 16.2. The van der Waals surface area contributed by atoms with Crippen molar-refractivity contribution in [2.45, 2.75) is 82.0 Å². The van der Waals surface area contributed by atoms with Gasteiger partial charge in [-0.3, -0.25) is 0 Å². The molecule has 2 saturated carbocycles. The molecule has 0 atom stereocenters. The molecule has 0 spiro atoms. The molecule has 7 nitrogen and oxygen atoms in total. The van der Waals surface area contributed by atoms with Crippen molar-refractivity contribution < 1.29 is 33.3 Å². The molecule has 0 heterocycles. The average molecular weight is 711 g/mol. The highest BCUT2D eigenvalue weighted by atomic mass is 16.7. The van der Waals surface area contributed by atoms with Crippen LogP contribution in [0.15, 0.2) is 121 Å². The molecule has 5 aromatic rings. The molecule has 5 aromatic carbocycles. The van der Waals surface area contributed by atoms with Crippen LogP contribution in [0.4, 0.5) is 9.59 Å². The lowest BCUT2D eigenvalue weighted by molar-refractivity contribution is 0.149. The van der Waals surface area contributed by atoms with Gasteiger partial charge in [0.2, 0.25) is 0 Å². The first-order valence-corrected chi connectivity index (χ1v) is 18.7. The van der Waals surface area contributed by atoms with Crippen LogP contribution in [0, 0.1) is 6.92 Å². The minimum absolute atomic E-state index is 0.0171. The second-order valence-corrected chi connectivity index (χ2v) is 14.3. The lowest BCUT2D eigenvalue weighted by Gasteiger charge is -2.38. The quantitative estimate of drug-likeness (QED) is 0.111. The van der Waals surface area contributed by atoms with Crippen LogP contribution in [0.2, 0.25) is 0 Å². The molecule has 7 rings (SSSR count). The summed E-state index contributed by atoms with van der Waals surface area (Å²) in [6, 6.07) is 39.3. The summed E-state index contributed by atoms with van der Waals surface area (Å²) in [5.74, 6) is 2.01. The lowest BCUT2D eigenvalue weighted by Crippen LogP contribution is -2.30. The number of methoxy groups -OCH3 is 1. The van der Waals surface area contributed by atoms with Crippen molar-refractivity contribution in [2.75, 3.05) is 7.11 Å². The molecule has 2 fully saturated rings. The zero-order valence-corrected chi connectivity index (χ0v) is 30.5. The first kappa shape index (κ1) is 35.8. The van der Waals surface area contributed by atoms with Gasteiger partial charge in [0.05, 0.1) is 7.11 Å². The summed E-state index contributed by atoms with van der Waals surface area (Å²) in [5, 5.41) is 0. The second-order valence-electron chi connectivity index (χ2n) is 14.3. The molecule has 7 heteroatoms. The van der Waals surface area contributed by atoms with E-state index in [9.17, 15) is 9.59 Å². The van der Waals surface area contributed by atoms with Crippen LogP contribution in [0.1, 0.15) is 92.0 Å². The third kappa shape index (κ3) is 7.95. The van der Waals surface area contributed by atoms with E-state index in [0.717, 1.165) is 55.2 Å². The Balaban J connectivity index is 0.997. The molecule has 2 aliphatic rings. The Bertz CT molecular complexity index is 1990. The molecule has 0 bridgehead atoms. The predicted octanol–water partition coefficient (Wildman–Crippen LogP) is 11.7. The number of hydrogen-bond acceptors (Lipinski definition) is 7. The maximum absolute atomic E-state index is 12.9. The first-order valence-electron chi connectivity index (χ1n) is 18.7. The van der Waals surface area contributed by atoms with E-state index in [0.29, 0.717) is 28.7 Å². The molecule has 0 saturated heterocycles. The molecular formula is C46H46O7. The highest BCUT2D eigenvalue weighted by Crippen LogP contribution is 2.47. The summed E-state index contributed by atoms with van der Waals surface area (Å²) >= 11 is 0. The third-order valence-corrected chi connectivity index (χ3v) is 11.1. The number of carbonyl (C=O) groups excluding carboxylic acids is 2. The van der Waals surface area contributed by atoms with Crippen LogP contribution in [0.5, 0.6) is 28.7 Å². The highest BCUT2D eigenvalue weighted by molar-refractivity contribution is 5.69. The van der Waals surface area contributed by atoms with Crippen molar-refractivity contribution in [1.82, 2.24) is 0 Å². The van der Waals surface area contributed by atoms with Crippen molar-refractivity contribution in [3.63, 3.8) is 0 Å². The van der Waals surface area contributed by atoms with E-state index in [1.165, 1.54) is 43.9 Å². The Morgan fingerprint density at radius 2 is 0.849 bits per heavy atom. The summed E-state index contributed by atoms with van der Waals surface area (Å²) in [7, 11) is 1.53. The largest absolute Gasteiger partial charge is 0.519 e. The Labute approximate surface area is 311 Å². The minimum Gasteiger partial charge on any atom is -0.493 e. The zero-order valence-electron chi connectivity index (χ0n) is 30.5. The van der Waals surface area contributed by atoms with Crippen LogP contribution in [-0.4, -0.2) is 19.4 Å². The summed E-state index contributed by atoms with van der Waals surface area (Å²) in [4.78, 5) is 25.5. The molecule has 2 aliphatic carbocycles. The molecular weight excluding hydrogens is 664 g/mol. The molecule has 0 unspecified atom stereocenters. The zero-order chi connectivity index (χ0) is 36.7. The average Bonchev–Trinajstić information content (AvgIpc) is 3.20.